The van der Waals surface area contributed by atoms with Gasteiger partial charge in [-0.05, 0) is 67.2 Å². The predicted molar refractivity (Wildman–Crippen MR) is 99.9 cm³/mol. The fourth-order valence-corrected chi connectivity index (χ4v) is 3.60. The quantitative estimate of drug-likeness (QED) is 0.699. The topological polar surface area (TPSA) is 44.0 Å². The molecule has 2 atom stereocenters. The minimum absolute atomic E-state index is 0.0951. The first kappa shape index (κ1) is 15.8. The van der Waals surface area contributed by atoms with Gasteiger partial charge in [-0.3, -0.25) is 4.98 Å². The van der Waals surface area contributed by atoms with Crippen molar-refractivity contribution in [3.05, 3.63) is 83.7 Å². The molecule has 1 aromatic carbocycles. The first-order valence-corrected chi connectivity index (χ1v) is 8.46. The van der Waals surface area contributed by atoms with Gasteiger partial charge in [0.1, 0.15) is 11.9 Å². The maximum Gasteiger partial charge on any atom is 0.174 e. The summed E-state index contributed by atoms with van der Waals surface area (Å²) in [5.41, 5.74) is 3.37. The van der Waals surface area contributed by atoms with Crippen molar-refractivity contribution in [1.29, 1.82) is 0 Å². The molecule has 0 radical (unpaired) electrons. The van der Waals surface area contributed by atoms with Crippen molar-refractivity contribution in [3.63, 3.8) is 0 Å². The second kappa shape index (κ2) is 6.29. The van der Waals surface area contributed by atoms with Gasteiger partial charge in [0.05, 0.1) is 11.7 Å². The van der Waals surface area contributed by atoms with Crippen molar-refractivity contribution in [2.24, 2.45) is 0 Å². The first-order chi connectivity index (χ1) is 12.1. The fraction of sp³-hybridized carbons (Fsp3) is 0.158. The number of aromatic nitrogens is 2. The van der Waals surface area contributed by atoms with Gasteiger partial charge in [-0.1, -0.05) is 6.07 Å². The summed E-state index contributed by atoms with van der Waals surface area (Å²) < 4.78 is 13.7. The van der Waals surface area contributed by atoms with Gasteiger partial charge in [-0.2, -0.15) is 0 Å². The van der Waals surface area contributed by atoms with Crippen LogP contribution >= 0.6 is 12.2 Å². The Bertz CT molecular complexity index is 895. The van der Waals surface area contributed by atoms with Gasteiger partial charge < -0.3 is 15.2 Å². The zero-order valence-corrected chi connectivity index (χ0v) is 14.4. The molecule has 0 saturated carbocycles. The Morgan fingerprint density at radius 1 is 1.16 bits per heavy atom. The van der Waals surface area contributed by atoms with E-state index in [1.807, 2.05) is 47.5 Å². The zero-order valence-electron chi connectivity index (χ0n) is 13.6. The molecule has 4 nitrogen and oxygen atoms in total. The summed E-state index contributed by atoms with van der Waals surface area (Å²) in [7, 11) is 0. The molecule has 2 unspecified atom stereocenters. The third-order valence-corrected chi connectivity index (χ3v) is 4.77. The standard InChI is InChI=1S/C19H17FN4S/c1-12-11-13(7-8-14(12)20)24-18(16-6-4-10-22-16)17(23-19(24)25)15-5-2-3-9-21-15/h2-11,17-18,22H,1H3,(H,23,25). The van der Waals surface area contributed by atoms with E-state index >= 15 is 0 Å². The van der Waals surface area contributed by atoms with Gasteiger partial charge in [-0.25, -0.2) is 4.39 Å². The van der Waals surface area contributed by atoms with Crippen LogP contribution in [0.2, 0.25) is 0 Å². The predicted octanol–water partition coefficient (Wildman–Crippen LogP) is 4.03. The molecular weight excluding hydrogens is 335 g/mol. The smallest absolute Gasteiger partial charge is 0.174 e. The number of H-pyrrole nitrogens is 1. The number of nitrogens with one attached hydrogen (secondary N) is 2. The molecule has 0 bridgehead atoms. The van der Waals surface area contributed by atoms with E-state index in [1.54, 1.807) is 19.2 Å². The van der Waals surface area contributed by atoms with Crippen LogP contribution in [0.1, 0.15) is 29.0 Å². The van der Waals surface area contributed by atoms with E-state index < -0.39 is 0 Å². The van der Waals surface area contributed by atoms with Crippen LogP contribution in [-0.2, 0) is 0 Å². The Kier molecular flexibility index (Phi) is 3.97. The summed E-state index contributed by atoms with van der Waals surface area (Å²) in [5, 5.41) is 3.97. The highest BCUT2D eigenvalue weighted by Gasteiger charge is 2.41. The molecule has 1 aliphatic rings. The van der Waals surface area contributed by atoms with E-state index in [0.717, 1.165) is 17.1 Å². The molecule has 0 spiro atoms. The molecule has 25 heavy (non-hydrogen) atoms. The molecule has 2 aromatic heterocycles. The first-order valence-electron chi connectivity index (χ1n) is 8.05. The van der Waals surface area contributed by atoms with Crippen molar-refractivity contribution in [2.75, 3.05) is 4.90 Å². The molecule has 6 heteroatoms. The number of pyridine rings is 1. The Balaban J connectivity index is 1.82. The van der Waals surface area contributed by atoms with Crippen LogP contribution < -0.4 is 10.2 Å². The average Bonchev–Trinajstić information content (AvgIpc) is 3.25. The highest BCUT2D eigenvalue weighted by Crippen LogP contribution is 2.41. The van der Waals surface area contributed by atoms with Gasteiger partial charge in [0.2, 0.25) is 0 Å². The van der Waals surface area contributed by atoms with E-state index in [0.29, 0.717) is 10.7 Å². The number of benzene rings is 1. The molecule has 126 valence electrons. The van der Waals surface area contributed by atoms with E-state index in [2.05, 4.69) is 15.3 Å². The van der Waals surface area contributed by atoms with E-state index in [9.17, 15) is 4.39 Å². The summed E-state index contributed by atoms with van der Waals surface area (Å²) in [4.78, 5) is 9.80. The zero-order chi connectivity index (χ0) is 17.4. The third-order valence-electron chi connectivity index (χ3n) is 4.46. The number of hydrogen-bond donors (Lipinski definition) is 2. The summed E-state index contributed by atoms with van der Waals surface area (Å²) in [5.74, 6) is -0.223. The maximum absolute atomic E-state index is 13.7. The van der Waals surface area contributed by atoms with Gasteiger partial charge in [0, 0.05) is 23.8 Å². The number of aryl methyl sites for hydroxylation is 1. The van der Waals surface area contributed by atoms with E-state index in [4.69, 9.17) is 12.2 Å². The largest absolute Gasteiger partial charge is 0.363 e. The number of nitrogens with zero attached hydrogens (tertiary/aromatic N) is 2. The number of halogens is 1. The number of hydrogen-bond acceptors (Lipinski definition) is 2. The molecule has 1 saturated heterocycles. The summed E-state index contributed by atoms with van der Waals surface area (Å²) in [6.07, 6.45) is 3.66. The Morgan fingerprint density at radius 2 is 2.04 bits per heavy atom. The fourth-order valence-electron chi connectivity index (χ4n) is 3.26. The highest BCUT2D eigenvalue weighted by molar-refractivity contribution is 7.80. The van der Waals surface area contributed by atoms with Crippen LogP contribution in [0.25, 0.3) is 0 Å². The summed E-state index contributed by atoms with van der Waals surface area (Å²) in [6, 6.07) is 14.7. The molecule has 2 N–H and O–H groups in total. The van der Waals surface area contributed by atoms with Crippen molar-refractivity contribution < 1.29 is 4.39 Å². The SMILES string of the molecule is Cc1cc(N2C(=S)NC(c3ccccn3)C2c2ccc[nH]2)ccc1F. The maximum atomic E-state index is 13.7. The van der Waals surface area contributed by atoms with Crippen molar-refractivity contribution in [1.82, 2.24) is 15.3 Å². The Hall–Kier alpha value is -2.73. The summed E-state index contributed by atoms with van der Waals surface area (Å²) in [6.45, 7) is 1.76. The highest BCUT2D eigenvalue weighted by atomic mass is 32.1. The minimum atomic E-state index is -0.223. The normalized spacial score (nSPS) is 19.9. The number of aromatic amines is 1. The van der Waals surface area contributed by atoms with Crippen molar-refractivity contribution in [2.45, 2.75) is 19.0 Å². The minimum Gasteiger partial charge on any atom is -0.363 e. The number of thiocarbonyl (C=S) groups is 1. The molecule has 0 aliphatic carbocycles. The van der Waals surface area contributed by atoms with E-state index in [-0.39, 0.29) is 17.9 Å². The lowest BCUT2D eigenvalue weighted by molar-refractivity contribution is 0.558. The molecule has 1 aliphatic heterocycles. The van der Waals surface area contributed by atoms with Crippen molar-refractivity contribution in [3.8, 4) is 0 Å². The lowest BCUT2D eigenvalue weighted by Crippen LogP contribution is -2.29. The second-order valence-corrected chi connectivity index (χ2v) is 6.44. The van der Waals surface area contributed by atoms with Crippen molar-refractivity contribution >= 4 is 23.0 Å². The number of anilines is 1. The molecule has 1 fully saturated rings. The number of rotatable bonds is 3. The third kappa shape index (κ3) is 2.78. The lowest BCUT2D eigenvalue weighted by atomic mass is 10.0. The molecule has 4 rings (SSSR count). The van der Waals surface area contributed by atoms with Crippen LogP contribution in [0.4, 0.5) is 10.1 Å². The monoisotopic (exact) mass is 352 g/mol. The van der Waals surface area contributed by atoms with Gasteiger partial charge >= 0.3 is 0 Å². The Labute approximate surface area is 150 Å². The van der Waals surface area contributed by atoms with Crippen LogP contribution in [0, 0.1) is 12.7 Å². The molecule has 0 amide bonds. The lowest BCUT2D eigenvalue weighted by Gasteiger charge is -2.27. The van der Waals surface area contributed by atoms with Crippen LogP contribution in [0.15, 0.2) is 60.9 Å². The molecular formula is C19H17FN4S. The van der Waals surface area contributed by atoms with Crippen LogP contribution in [0.5, 0.6) is 0 Å². The van der Waals surface area contributed by atoms with Crippen LogP contribution in [-0.4, -0.2) is 15.1 Å². The van der Waals surface area contributed by atoms with Gasteiger partial charge in [0.25, 0.3) is 0 Å². The van der Waals surface area contributed by atoms with Gasteiger partial charge in [-0.15, -0.1) is 0 Å². The van der Waals surface area contributed by atoms with Gasteiger partial charge in [0.15, 0.2) is 5.11 Å². The molecule has 3 heterocycles. The Morgan fingerprint density at radius 3 is 2.72 bits per heavy atom. The average molecular weight is 352 g/mol. The second-order valence-electron chi connectivity index (χ2n) is 6.06. The summed E-state index contributed by atoms with van der Waals surface area (Å²) >= 11 is 5.61. The van der Waals surface area contributed by atoms with E-state index in [1.165, 1.54) is 6.07 Å². The molecule has 3 aromatic rings. The van der Waals surface area contributed by atoms with Crippen LogP contribution in [0.3, 0.4) is 0 Å².